The van der Waals surface area contributed by atoms with Crippen LogP contribution in [0.3, 0.4) is 0 Å². The van der Waals surface area contributed by atoms with Gasteiger partial charge in [0.2, 0.25) is 0 Å². The fourth-order valence-electron chi connectivity index (χ4n) is 4.38. The number of aryl methyl sites for hydroxylation is 1. The molecular formula is C21H35N3O3. The van der Waals surface area contributed by atoms with Crippen molar-refractivity contribution in [2.24, 2.45) is 5.92 Å². The highest BCUT2D eigenvalue weighted by molar-refractivity contribution is 5.67. The number of hydrogen-bond acceptors (Lipinski definition) is 5. The van der Waals surface area contributed by atoms with E-state index in [1.807, 2.05) is 24.8 Å². The molecule has 2 fully saturated rings. The minimum absolute atomic E-state index is 0.155. The Labute approximate surface area is 163 Å². The first-order valence-corrected chi connectivity index (χ1v) is 10.4. The van der Waals surface area contributed by atoms with Crippen molar-refractivity contribution < 1.29 is 13.9 Å². The van der Waals surface area contributed by atoms with E-state index in [-0.39, 0.29) is 6.09 Å². The third-order valence-electron chi connectivity index (χ3n) is 6.04. The fraction of sp³-hybridized carbons (Fsp3) is 0.762. The third kappa shape index (κ3) is 5.72. The van der Waals surface area contributed by atoms with E-state index in [1.54, 1.807) is 0 Å². The van der Waals surface area contributed by atoms with Gasteiger partial charge in [0, 0.05) is 25.7 Å². The van der Waals surface area contributed by atoms with Crippen LogP contribution in [-0.2, 0) is 11.3 Å². The van der Waals surface area contributed by atoms with Crippen molar-refractivity contribution in [1.82, 2.24) is 14.7 Å². The third-order valence-corrected chi connectivity index (χ3v) is 6.04. The molecule has 0 radical (unpaired) electrons. The summed E-state index contributed by atoms with van der Waals surface area (Å²) in [7, 11) is 2.25. The Morgan fingerprint density at radius 2 is 1.89 bits per heavy atom. The Balaban J connectivity index is 1.36. The van der Waals surface area contributed by atoms with E-state index in [0.29, 0.717) is 12.6 Å². The van der Waals surface area contributed by atoms with Crippen LogP contribution in [0.2, 0.25) is 0 Å². The molecule has 0 aliphatic carbocycles. The number of nitrogens with zero attached hydrogens (tertiary/aromatic N) is 3. The van der Waals surface area contributed by atoms with Crippen molar-refractivity contribution in [2.75, 3.05) is 46.4 Å². The first-order chi connectivity index (χ1) is 13.0. The first-order valence-electron chi connectivity index (χ1n) is 10.4. The van der Waals surface area contributed by atoms with Crippen molar-refractivity contribution in [3.05, 3.63) is 23.7 Å². The Bertz CT molecular complexity index is 587. The number of rotatable bonds is 6. The maximum Gasteiger partial charge on any atom is 0.409 e. The monoisotopic (exact) mass is 377 g/mol. The lowest BCUT2D eigenvalue weighted by Crippen LogP contribution is -2.47. The summed E-state index contributed by atoms with van der Waals surface area (Å²) in [6.07, 6.45) is 4.45. The van der Waals surface area contributed by atoms with Crippen LogP contribution < -0.4 is 0 Å². The van der Waals surface area contributed by atoms with Crippen LogP contribution in [0.25, 0.3) is 0 Å². The average molecular weight is 378 g/mol. The van der Waals surface area contributed by atoms with E-state index >= 15 is 0 Å². The maximum atomic E-state index is 11.8. The Morgan fingerprint density at radius 1 is 1.19 bits per heavy atom. The maximum absolute atomic E-state index is 11.8. The van der Waals surface area contributed by atoms with Crippen LogP contribution in [0.15, 0.2) is 16.5 Å². The lowest BCUT2D eigenvalue weighted by atomic mass is 9.94. The number of furan rings is 1. The number of amides is 1. The summed E-state index contributed by atoms with van der Waals surface area (Å²) < 4.78 is 10.8. The Kier molecular flexibility index (Phi) is 7.19. The molecule has 0 saturated carbocycles. The fourth-order valence-corrected chi connectivity index (χ4v) is 4.38. The number of ether oxygens (including phenoxy) is 1. The lowest BCUT2D eigenvalue weighted by Gasteiger charge is -2.39. The van der Waals surface area contributed by atoms with Gasteiger partial charge in [-0.15, -0.1) is 0 Å². The van der Waals surface area contributed by atoms with Crippen molar-refractivity contribution in [3.8, 4) is 0 Å². The lowest BCUT2D eigenvalue weighted by molar-refractivity contribution is 0.0710. The molecule has 27 heavy (non-hydrogen) atoms. The standard InChI is InChI=1S/C21H35N3O3/c1-4-26-21(25)24-13-9-19(10-14-24)22(3)15-18-7-11-23(12-8-18)16-20-6-5-17(2)27-20/h5-6,18-19H,4,7-16H2,1-3H3. The van der Waals surface area contributed by atoms with Gasteiger partial charge in [-0.3, -0.25) is 4.90 Å². The first kappa shape index (κ1) is 20.2. The number of likely N-dealkylation sites (tertiary alicyclic amines) is 2. The largest absolute Gasteiger partial charge is 0.465 e. The second-order valence-electron chi connectivity index (χ2n) is 8.09. The molecule has 2 saturated heterocycles. The number of carbonyl (C=O) groups excluding carboxylic acids is 1. The van der Waals surface area contributed by atoms with Gasteiger partial charge in [-0.05, 0) is 77.7 Å². The normalized spacial score (nSPS) is 20.4. The Morgan fingerprint density at radius 3 is 2.48 bits per heavy atom. The summed E-state index contributed by atoms with van der Waals surface area (Å²) in [6.45, 7) is 10.3. The van der Waals surface area contributed by atoms with Gasteiger partial charge in [-0.2, -0.15) is 0 Å². The summed E-state index contributed by atoms with van der Waals surface area (Å²) >= 11 is 0. The van der Waals surface area contributed by atoms with Crippen LogP contribution in [0, 0.1) is 12.8 Å². The van der Waals surface area contributed by atoms with Gasteiger partial charge in [-0.1, -0.05) is 0 Å². The molecular weight excluding hydrogens is 342 g/mol. The highest BCUT2D eigenvalue weighted by Crippen LogP contribution is 2.23. The van der Waals surface area contributed by atoms with E-state index in [0.717, 1.165) is 69.5 Å². The van der Waals surface area contributed by atoms with Gasteiger partial charge in [0.15, 0.2) is 0 Å². The molecule has 1 aromatic heterocycles. The van der Waals surface area contributed by atoms with Crippen LogP contribution in [0.1, 0.15) is 44.1 Å². The molecule has 0 N–H and O–H groups in total. The molecule has 2 aliphatic rings. The van der Waals surface area contributed by atoms with E-state index in [4.69, 9.17) is 9.15 Å². The van der Waals surface area contributed by atoms with E-state index in [9.17, 15) is 4.79 Å². The summed E-state index contributed by atoms with van der Waals surface area (Å²) in [5, 5.41) is 0. The molecule has 1 aromatic rings. The number of piperidine rings is 2. The number of carbonyl (C=O) groups is 1. The topological polar surface area (TPSA) is 49.2 Å². The van der Waals surface area contributed by atoms with Gasteiger partial charge in [0.25, 0.3) is 0 Å². The van der Waals surface area contributed by atoms with Gasteiger partial charge in [0.05, 0.1) is 13.2 Å². The highest BCUT2D eigenvalue weighted by Gasteiger charge is 2.28. The number of hydrogen-bond donors (Lipinski definition) is 0. The van der Waals surface area contributed by atoms with E-state index in [2.05, 4.69) is 22.9 Å². The molecule has 6 nitrogen and oxygen atoms in total. The van der Waals surface area contributed by atoms with Crippen LogP contribution in [0.5, 0.6) is 0 Å². The van der Waals surface area contributed by atoms with Crippen LogP contribution in [0.4, 0.5) is 4.79 Å². The molecule has 152 valence electrons. The Hall–Kier alpha value is -1.53. The SMILES string of the molecule is CCOC(=O)N1CCC(N(C)CC2CCN(Cc3ccc(C)o3)CC2)CC1. The minimum Gasteiger partial charge on any atom is -0.465 e. The predicted molar refractivity (Wildman–Crippen MR) is 106 cm³/mol. The highest BCUT2D eigenvalue weighted by atomic mass is 16.6. The van der Waals surface area contributed by atoms with Crippen molar-refractivity contribution in [3.63, 3.8) is 0 Å². The van der Waals surface area contributed by atoms with Crippen molar-refractivity contribution >= 4 is 6.09 Å². The summed E-state index contributed by atoms with van der Waals surface area (Å²) in [5.74, 6) is 2.85. The molecule has 0 atom stereocenters. The molecule has 6 heteroatoms. The molecule has 3 heterocycles. The summed E-state index contributed by atoms with van der Waals surface area (Å²) in [5.41, 5.74) is 0. The molecule has 0 spiro atoms. The van der Waals surface area contributed by atoms with E-state index in [1.165, 1.54) is 12.8 Å². The molecule has 0 bridgehead atoms. The second-order valence-corrected chi connectivity index (χ2v) is 8.09. The quantitative estimate of drug-likeness (QED) is 0.761. The smallest absolute Gasteiger partial charge is 0.409 e. The van der Waals surface area contributed by atoms with Gasteiger partial charge in [-0.25, -0.2) is 4.79 Å². The zero-order chi connectivity index (χ0) is 19.2. The average Bonchev–Trinajstić information content (AvgIpc) is 3.08. The molecule has 0 aromatic carbocycles. The summed E-state index contributed by atoms with van der Waals surface area (Å²) in [6, 6.07) is 4.72. The minimum atomic E-state index is -0.155. The molecule has 2 aliphatic heterocycles. The summed E-state index contributed by atoms with van der Waals surface area (Å²) in [4.78, 5) is 18.7. The van der Waals surface area contributed by atoms with Crippen LogP contribution >= 0.6 is 0 Å². The van der Waals surface area contributed by atoms with Crippen LogP contribution in [-0.4, -0.2) is 73.2 Å². The van der Waals surface area contributed by atoms with E-state index < -0.39 is 0 Å². The molecule has 1 amide bonds. The predicted octanol–water partition coefficient (Wildman–Crippen LogP) is 3.35. The molecule has 3 rings (SSSR count). The van der Waals surface area contributed by atoms with Crippen molar-refractivity contribution in [2.45, 2.75) is 52.1 Å². The zero-order valence-corrected chi connectivity index (χ0v) is 17.2. The second kappa shape index (κ2) is 9.60. The zero-order valence-electron chi connectivity index (χ0n) is 17.2. The van der Waals surface area contributed by atoms with Gasteiger partial charge in [0.1, 0.15) is 11.5 Å². The van der Waals surface area contributed by atoms with Crippen molar-refractivity contribution in [1.29, 1.82) is 0 Å². The van der Waals surface area contributed by atoms with Gasteiger partial charge >= 0.3 is 6.09 Å². The van der Waals surface area contributed by atoms with Gasteiger partial charge < -0.3 is 19.0 Å². The molecule has 0 unspecified atom stereocenters.